The van der Waals surface area contributed by atoms with Gasteiger partial charge in [-0.25, -0.2) is 4.98 Å². The Hall–Kier alpha value is -0.760. The van der Waals surface area contributed by atoms with Crippen molar-refractivity contribution in [2.45, 2.75) is 38.6 Å². The average molecular weight is 239 g/mol. The summed E-state index contributed by atoms with van der Waals surface area (Å²) in [5.41, 5.74) is 1.06. The molecular formula is C13H19ClN2. The van der Waals surface area contributed by atoms with Crippen LogP contribution in [-0.2, 0) is 0 Å². The zero-order valence-electron chi connectivity index (χ0n) is 9.75. The van der Waals surface area contributed by atoms with E-state index in [4.69, 9.17) is 11.6 Å². The Bertz CT molecular complexity index is 340. The van der Waals surface area contributed by atoms with E-state index in [0.29, 0.717) is 12.0 Å². The van der Waals surface area contributed by atoms with Crippen molar-refractivity contribution in [2.24, 2.45) is 5.92 Å². The Labute approximate surface area is 102 Å². The van der Waals surface area contributed by atoms with Crippen molar-refractivity contribution in [1.29, 1.82) is 0 Å². The Morgan fingerprint density at radius 2 is 2.19 bits per heavy atom. The number of nitrogens with one attached hydrogen (secondary N) is 1. The summed E-state index contributed by atoms with van der Waals surface area (Å²) in [6.07, 6.45) is 5.08. The summed E-state index contributed by atoms with van der Waals surface area (Å²) in [7, 11) is 0. The molecule has 1 aromatic heterocycles. The molecule has 0 bridgehead atoms. The average Bonchev–Trinajstić information content (AvgIpc) is 2.30. The molecule has 1 aliphatic rings. The normalized spacial score (nSPS) is 25.4. The van der Waals surface area contributed by atoms with Gasteiger partial charge in [0.1, 0.15) is 5.82 Å². The quantitative estimate of drug-likeness (QED) is 0.814. The summed E-state index contributed by atoms with van der Waals surface area (Å²) in [6, 6.07) is 6.60. The molecule has 3 heteroatoms. The lowest BCUT2D eigenvalue weighted by Crippen LogP contribution is -2.33. The van der Waals surface area contributed by atoms with Gasteiger partial charge in [-0.1, -0.05) is 18.9 Å². The van der Waals surface area contributed by atoms with E-state index in [0.717, 1.165) is 17.4 Å². The van der Waals surface area contributed by atoms with Gasteiger partial charge in [0.05, 0.1) is 0 Å². The van der Waals surface area contributed by atoms with Crippen molar-refractivity contribution in [3.05, 3.63) is 23.9 Å². The van der Waals surface area contributed by atoms with Gasteiger partial charge in [-0.05, 0) is 37.8 Å². The molecule has 2 unspecified atom stereocenters. The van der Waals surface area contributed by atoms with Gasteiger partial charge < -0.3 is 5.32 Å². The first kappa shape index (κ1) is 11.7. The lowest BCUT2D eigenvalue weighted by Gasteiger charge is -2.31. The molecule has 0 aliphatic heterocycles. The molecule has 0 aromatic carbocycles. The number of rotatable bonds is 3. The van der Waals surface area contributed by atoms with Crippen LogP contribution in [0.25, 0.3) is 0 Å². The van der Waals surface area contributed by atoms with Crippen LogP contribution in [0.15, 0.2) is 18.2 Å². The van der Waals surface area contributed by atoms with Crippen LogP contribution in [0, 0.1) is 12.8 Å². The predicted octanol–water partition coefficient (Wildman–Crippen LogP) is 3.60. The van der Waals surface area contributed by atoms with E-state index in [1.165, 1.54) is 25.7 Å². The number of hydrogen-bond donors (Lipinski definition) is 1. The third kappa shape index (κ3) is 2.88. The number of anilines is 1. The van der Waals surface area contributed by atoms with Gasteiger partial charge in [0.2, 0.25) is 0 Å². The highest BCUT2D eigenvalue weighted by Gasteiger charge is 2.24. The van der Waals surface area contributed by atoms with Crippen molar-refractivity contribution in [3.63, 3.8) is 0 Å². The van der Waals surface area contributed by atoms with Crippen molar-refractivity contribution >= 4 is 17.4 Å². The zero-order valence-corrected chi connectivity index (χ0v) is 10.5. The highest BCUT2D eigenvalue weighted by Crippen LogP contribution is 2.27. The maximum atomic E-state index is 6.01. The van der Waals surface area contributed by atoms with E-state index in [2.05, 4.69) is 10.3 Å². The minimum absolute atomic E-state index is 0.501. The second-order valence-electron chi connectivity index (χ2n) is 4.61. The maximum absolute atomic E-state index is 6.01. The lowest BCUT2D eigenvalue weighted by molar-refractivity contribution is 0.352. The van der Waals surface area contributed by atoms with E-state index < -0.39 is 0 Å². The fraction of sp³-hybridized carbons (Fsp3) is 0.615. The SMILES string of the molecule is Cc1cccc(NC2CCCCC2CCl)n1. The van der Waals surface area contributed by atoms with E-state index in [-0.39, 0.29) is 0 Å². The summed E-state index contributed by atoms with van der Waals surface area (Å²) in [4.78, 5) is 4.48. The van der Waals surface area contributed by atoms with Crippen LogP contribution >= 0.6 is 11.6 Å². The predicted molar refractivity (Wildman–Crippen MR) is 69.1 cm³/mol. The fourth-order valence-electron chi connectivity index (χ4n) is 2.40. The van der Waals surface area contributed by atoms with Crippen LogP contribution < -0.4 is 5.32 Å². The van der Waals surface area contributed by atoms with E-state index in [1.807, 2.05) is 25.1 Å². The molecule has 16 heavy (non-hydrogen) atoms. The topological polar surface area (TPSA) is 24.9 Å². The van der Waals surface area contributed by atoms with Gasteiger partial charge in [-0.3, -0.25) is 0 Å². The third-order valence-corrected chi connectivity index (χ3v) is 3.73. The number of halogens is 1. The van der Waals surface area contributed by atoms with Crippen LogP contribution in [0.2, 0.25) is 0 Å². The molecule has 0 amide bonds. The molecule has 2 nitrogen and oxygen atoms in total. The Morgan fingerprint density at radius 1 is 1.38 bits per heavy atom. The first-order chi connectivity index (χ1) is 7.79. The number of nitrogens with zero attached hydrogens (tertiary/aromatic N) is 1. The number of pyridine rings is 1. The van der Waals surface area contributed by atoms with Gasteiger partial charge in [-0.2, -0.15) is 0 Å². The molecule has 1 saturated carbocycles. The van der Waals surface area contributed by atoms with Gasteiger partial charge in [0.15, 0.2) is 0 Å². The van der Waals surface area contributed by atoms with Crippen molar-refractivity contribution in [3.8, 4) is 0 Å². The first-order valence-electron chi connectivity index (χ1n) is 6.06. The summed E-state index contributed by atoms with van der Waals surface area (Å²) < 4.78 is 0. The smallest absolute Gasteiger partial charge is 0.126 e. The van der Waals surface area contributed by atoms with Crippen LogP contribution in [0.4, 0.5) is 5.82 Å². The Kier molecular flexibility index (Phi) is 4.05. The lowest BCUT2D eigenvalue weighted by atomic mass is 9.86. The molecule has 1 N–H and O–H groups in total. The van der Waals surface area contributed by atoms with Crippen LogP contribution in [0.5, 0.6) is 0 Å². The van der Waals surface area contributed by atoms with Crippen molar-refractivity contribution < 1.29 is 0 Å². The number of aryl methyl sites for hydroxylation is 1. The Morgan fingerprint density at radius 3 is 2.94 bits per heavy atom. The second kappa shape index (κ2) is 5.53. The number of hydrogen-bond acceptors (Lipinski definition) is 2. The maximum Gasteiger partial charge on any atom is 0.126 e. The second-order valence-corrected chi connectivity index (χ2v) is 4.92. The van der Waals surface area contributed by atoms with Crippen LogP contribution in [0.1, 0.15) is 31.4 Å². The highest BCUT2D eigenvalue weighted by molar-refractivity contribution is 6.18. The molecule has 0 radical (unpaired) electrons. The van der Waals surface area contributed by atoms with E-state index in [9.17, 15) is 0 Å². The minimum atomic E-state index is 0.501. The van der Waals surface area contributed by atoms with Crippen LogP contribution in [-0.4, -0.2) is 16.9 Å². The highest BCUT2D eigenvalue weighted by atomic mass is 35.5. The molecule has 0 spiro atoms. The van der Waals surface area contributed by atoms with Gasteiger partial charge in [-0.15, -0.1) is 11.6 Å². The molecule has 2 atom stereocenters. The number of aromatic nitrogens is 1. The Balaban J connectivity index is 2.02. The van der Waals surface area contributed by atoms with Crippen LogP contribution in [0.3, 0.4) is 0 Å². The largest absolute Gasteiger partial charge is 0.367 e. The molecule has 0 saturated heterocycles. The molecule has 1 heterocycles. The standard InChI is InChI=1S/C13H19ClN2/c1-10-5-4-8-13(15-10)16-12-7-3-2-6-11(12)9-14/h4-5,8,11-12H,2-3,6-7,9H2,1H3,(H,15,16). The summed E-state index contributed by atoms with van der Waals surface area (Å²) in [5, 5.41) is 3.53. The molecule has 2 rings (SSSR count). The third-order valence-electron chi connectivity index (χ3n) is 3.33. The van der Waals surface area contributed by atoms with E-state index in [1.54, 1.807) is 0 Å². The molecule has 88 valence electrons. The summed E-state index contributed by atoms with van der Waals surface area (Å²) in [5.74, 6) is 2.34. The zero-order chi connectivity index (χ0) is 11.4. The molecule has 1 aliphatic carbocycles. The molecular weight excluding hydrogens is 220 g/mol. The minimum Gasteiger partial charge on any atom is -0.367 e. The summed E-state index contributed by atoms with van der Waals surface area (Å²) in [6.45, 7) is 2.02. The first-order valence-corrected chi connectivity index (χ1v) is 6.59. The molecule has 1 aromatic rings. The van der Waals surface area contributed by atoms with Gasteiger partial charge in [0.25, 0.3) is 0 Å². The van der Waals surface area contributed by atoms with Gasteiger partial charge >= 0.3 is 0 Å². The van der Waals surface area contributed by atoms with Crippen molar-refractivity contribution in [2.75, 3.05) is 11.2 Å². The monoisotopic (exact) mass is 238 g/mol. The number of alkyl halides is 1. The summed E-state index contributed by atoms with van der Waals surface area (Å²) >= 11 is 6.01. The fourth-order valence-corrected chi connectivity index (χ4v) is 2.77. The van der Waals surface area contributed by atoms with E-state index >= 15 is 0 Å². The van der Waals surface area contributed by atoms with Crippen molar-refractivity contribution in [1.82, 2.24) is 4.98 Å². The molecule has 1 fully saturated rings. The van der Waals surface area contributed by atoms with Gasteiger partial charge in [0, 0.05) is 17.6 Å².